The van der Waals surface area contributed by atoms with Gasteiger partial charge in [0, 0.05) is 26.0 Å². The van der Waals surface area contributed by atoms with Gasteiger partial charge in [0.1, 0.15) is 0 Å². The lowest BCUT2D eigenvalue weighted by Crippen LogP contribution is -2.17. The van der Waals surface area contributed by atoms with Crippen molar-refractivity contribution in [2.45, 2.75) is 43.8 Å². The Labute approximate surface area is 134 Å². The average molecular weight is 326 g/mol. The van der Waals surface area contributed by atoms with E-state index in [0.717, 1.165) is 19.3 Å². The van der Waals surface area contributed by atoms with Crippen LogP contribution < -0.4 is 0 Å². The zero-order valence-corrected chi connectivity index (χ0v) is 14.4. The lowest BCUT2D eigenvalue weighted by Gasteiger charge is -2.19. The van der Waals surface area contributed by atoms with Gasteiger partial charge in [0.15, 0.2) is 16.1 Å². The highest BCUT2D eigenvalue weighted by Gasteiger charge is 2.15. The fraction of sp³-hybridized carbons (Fsp3) is 0.529. The number of sulfone groups is 1. The molecular formula is C17H26O4S. The molecular weight excluding hydrogens is 300 g/mol. The predicted molar refractivity (Wildman–Crippen MR) is 88.2 cm³/mol. The zero-order valence-electron chi connectivity index (χ0n) is 13.6. The summed E-state index contributed by atoms with van der Waals surface area (Å²) in [5.74, 6) is 0.114. The van der Waals surface area contributed by atoms with Gasteiger partial charge in [0.05, 0.1) is 4.90 Å². The molecule has 1 aromatic rings. The molecule has 0 saturated carbocycles. The third-order valence-electron chi connectivity index (χ3n) is 3.55. The molecule has 0 heterocycles. The summed E-state index contributed by atoms with van der Waals surface area (Å²) in [6.07, 6.45) is 5.13. The molecule has 0 radical (unpaired) electrons. The summed E-state index contributed by atoms with van der Waals surface area (Å²) >= 11 is 0. The summed E-state index contributed by atoms with van der Waals surface area (Å²) < 4.78 is 35.0. The van der Waals surface area contributed by atoms with Crippen LogP contribution in [-0.2, 0) is 19.3 Å². The van der Waals surface area contributed by atoms with Crippen LogP contribution in [0.2, 0.25) is 0 Å². The molecule has 124 valence electrons. The van der Waals surface area contributed by atoms with Crippen molar-refractivity contribution in [1.82, 2.24) is 0 Å². The predicted octanol–water partition coefficient (Wildman–Crippen LogP) is 3.79. The van der Waals surface area contributed by atoms with Crippen LogP contribution in [0.1, 0.15) is 32.6 Å². The van der Waals surface area contributed by atoms with Crippen LogP contribution in [-0.4, -0.2) is 28.9 Å². The molecule has 0 aromatic heterocycles. The number of rotatable bonds is 10. The van der Waals surface area contributed by atoms with Gasteiger partial charge in [-0.15, -0.1) is 0 Å². The lowest BCUT2D eigenvalue weighted by atomic mass is 9.98. The summed E-state index contributed by atoms with van der Waals surface area (Å²) in [5, 5.41) is 1.31. The standard InChI is InChI=1S/C17H26O4S/c1-4-5-9-15(14-17(20-2)21-3)12-13-22(18,19)16-10-7-6-8-11-16/h6-8,10-13,15,17H,4-5,9,14H2,1-3H3/b13-12+/t15-/m0/s1. The van der Waals surface area contributed by atoms with Gasteiger partial charge in [-0.3, -0.25) is 0 Å². The largest absolute Gasteiger partial charge is 0.356 e. The van der Waals surface area contributed by atoms with Gasteiger partial charge >= 0.3 is 0 Å². The second kappa shape index (κ2) is 9.77. The highest BCUT2D eigenvalue weighted by Crippen LogP contribution is 2.20. The second-order valence-corrected chi connectivity index (χ2v) is 7.06. The molecule has 0 aliphatic heterocycles. The molecule has 0 bridgehead atoms. The van der Waals surface area contributed by atoms with E-state index in [0.29, 0.717) is 11.3 Å². The lowest BCUT2D eigenvalue weighted by molar-refractivity contribution is -0.111. The Balaban J connectivity index is 2.83. The first-order chi connectivity index (χ1) is 10.5. The van der Waals surface area contributed by atoms with E-state index in [1.54, 1.807) is 50.6 Å². The minimum atomic E-state index is -3.39. The van der Waals surface area contributed by atoms with E-state index >= 15 is 0 Å². The fourth-order valence-corrected chi connectivity index (χ4v) is 3.32. The van der Waals surface area contributed by atoms with E-state index in [-0.39, 0.29) is 12.2 Å². The smallest absolute Gasteiger partial charge is 0.199 e. The first-order valence-electron chi connectivity index (χ1n) is 7.57. The van der Waals surface area contributed by atoms with Crippen LogP contribution in [0.4, 0.5) is 0 Å². The average Bonchev–Trinajstić information content (AvgIpc) is 2.55. The van der Waals surface area contributed by atoms with Crippen molar-refractivity contribution in [2.24, 2.45) is 5.92 Å². The third kappa shape index (κ3) is 6.30. The Morgan fingerprint density at radius 3 is 2.32 bits per heavy atom. The first kappa shape index (κ1) is 18.9. The third-order valence-corrected chi connectivity index (χ3v) is 5.00. The Hall–Kier alpha value is -1.17. The van der Waals surface area contributed by atoms with E-state index in [2.05, 4.69) is 6.92 Å². The summed E-state index contributed by atoms with van der Waals surface area (Å²) in [6, 6.07) is 8.46. The number of hydrogen-bond acceptors (Lipinski definition) is 4. The van der Waals surface area contributed by atoms with E-state index in [9.17, 15) is 8.42 Å². The molecule has 1 rings (SSSR count). The summed E-state index contributed by atoms with van der Waals surface area (Å²) in [6.45, 7) is 2.12. The molecule has 0 N–H and O–H groups in total. The van der Waals surface area contributed by atoms with Gasteiger partial charge in [0.25, 0.3) is 0 Å². The van der Waals surface area contributed by atoms with Crippen LogP contribution >= 0.6 is 0 Å². The van der Waals surface area contributed by atoms with Crippen LogP contribution in [0.15, 0.2) is 46.7 Å². The normalized spacial score (nSPS) is 13.8. The number of allylic oxidation sites excluding steroid dienone is 1. The molecule has 1 aromatic carbocycles. The monoisotopic (exact) mass is 326 g/mol. The van der Waals surface area contributed by atoms with Gasteiger partial charge in [-0.2, -0.15) is 0 Å². The summed E-state index contributed by atoms with van der Waals surface area (Å²) in [5.41, 5.74) is 0. The van der Waals surface area contributed by atoms with Gasteiger partial charge in [-0.05, 0) is 24.5 Å². The molecule has 0 unspecified atom stereocenters. The number of benzene rings is 1. The van der Waals surface area contributed by atoms with Gasteiger partial charge in [-0.1, -0.05) is 44.0 Å². The highest BCUT2D eigenvalue weighted by molar-refractivity contribution is 7.94. The first-order valence-corrected chi connectivity index (χ1v) is 9.12. The van der Waals surface area contributed by atoms with Crippen LogP contribution in [0, 0.1) is 5.92 Å². The second-order valence-electron chi connectivity index (χ2n) is 5.23. The number of ether oxygens (including phenoxy) is 2. The van der Waals surface area contributed by atoms with E-state index in [4.69, 9.17) is 9.47 Å². The molecule has 0 aliphatic carbocycles. The Morgan fingerprint density at radius 1 is 1.14 bits per heavy atom. The Morgan fingerprint density at radius 2 is 1.77 bits per heavy atom. The topological polar surface area (TPSA) is 52.6 Å². The van der Waals surface area contributed by atoms with E-state index in [1.165, 1.54) is 5.41 Å². The van der Waals surface area contributed by atoms with Gasteiger partial charge in [-0.25, -0.2) is 8.42 Å². The SMILES string of the molecule is CCCC[C@@H](/C=C/S(=O)(=O)c1ccccc1)CC(OC)OC. The van der Waals surface area contributed by atoms with Crippen molar-refractivity contribution < 1.29 is 17.9 Å². The van der Waals surface area contributed by atoms with Gasteiger partial charge in [0.2, 0.25) is 0 Å². The van der Waals surface area contributed by atoms with Crippen LogP contribution in [0.3, 0.4) is 0 Å². The van der Waals surface area contributed by atoms with Crippen molar-refractivity contribution in [3.8, 4) is 0 Å². The minimum Gasteiger partial charge on any atom is -0.356 e. The number of unbranched alkanes of at least 4 members (excludes halogenated alkanes) is 1. The molecule has 4 nitrogen and oxygen atoms in total. The van der Waals surface area contributed by atoms with Crippen molar-refractivity contribution in [3.63, 3.8) is 0 Å². The van der Waals surface area contributed by atoms with Crippen molar-refractivity contribution in [2.75, 3.05) is 14.2 Å². The number of hydrogen-bond donors (Lipinski definition) is 0. The fourth-order valence-electron chi connectivity index (χ4n) is 2.20. The summed E-state index contributed by atoms with van der Waals surface area (Å²) in [7, 11) is -0.206. The molecule has 0 saturated heterocycles. The molecule has 0 spiro atoms. The number of methoxy groups -OCH3 is 2. The quantitative estimate of drug-likeness (QED) is 0.614. The molecule has 0 aliphatic rings. The van der Waals surface area contributed by atoms with Gasteiger partial charge < -0.3 is 9.47 Å². The van der Waals surface area contributed by atoms with Crippen molar-refractivity contribution >= 4 is 9.84 Å². The van der Waals surface area contributed by atoms with Crippen molar-refractivity contribution in [3.05, 3.63) is 41.8 Å². The van der Waals surface area contributed by atoms with Crippen molar-refractivity contribution in [1.29, 1.82) is 0 Å². The maximum atomic E-state index is 12.3. The van der Waals surface area contributed by atoms with E-state index < -0.39 is 9.84 Å². The highest BCUT2D eigenvalue weighted by atomic mass is 32.2. The summed E-state index contributed by atoms with van der Waals surface area (Å²) in [4.78, 5) is 0.315. The van der Waals surface area contributed by atoms with Crippen LogP contribution in [0.5, 0.6) is 0 Å². The zero-order chi connectivity index (χ0) is 16.4. The molecule has 1 atom stereocenters. The molecule has 22 heavy (non-hydrogen) atoms. The molecule has 0 fully saturated rings. The maximum Gasteiger partial charge on any atom is 0.199 e. The molecule has 0 amide bonds. The molecule has 5 heteroatoms. The van der Waals surface area contributed by atoms with E-state index in [1.807, 2.05) is 0 Å². The minimum absolute atomic E-state index is 0.114. The Kier molecular flexibility index (Phi) is 8.38. The maximum absolute atomic E-state index is 12.3. The van der Waals surface area contributed by atoms with Crippen LogP contribution in [0.25, 0.3) is 0 Å². The Bertz CT molecular complexity index is 533.